The molecule has 6 nitrogen and oxygen atoms in total. The van der Waals surface area contributed by atoms with Gasteiger partial charge in [0, 0.05) is 46.8 Å². The predicted molar refractivity (Wildman–Crippen MR) is 112 cm³/mol. The molecule has 1 unspecified atom stereocenters. The zero-order valence-corrected chi connectivity index (χ0v) is 18.0. The van der Waals surface area contributed by atoms with Crippen LogP contribution >= 0.6 is 39.0 Å². The van der Waals surface area contributed by atoms with Crippen molar-refractivity contribution in [1.29, 1.82) is 0 Å². The number of carbonyl (C=O) groups excluding carboxylic acids is 1. The topological polar surface area (TPSA) is 82.5 Å². The van der Waals surface area contributed by atoms with Crippen molar-refractivity contribution >= 4 is 56.6 Å². The lowest BCUT2D eigenvalue weighted by Crippen LogP contribution is -2.39. The van der Waals surface area contributed by atoms with Gasteiger partial charge in [-0.3, -0.25) is 4.79 Å². The lowest BCUT2D eigenvalue weighted by molar-refractivity contribution is -0.128. The number of nitrogens with one attached hydrogen (secondary N) is 1. The highest BCUT2D eigenvalue weighted by atomic mass is 79.9. The third kappa shape index (κ3) is 5.24. The molecule has 0 aliphatic carbocycles. The fraction of sp³-hybridized carbons (Fsp3) is 0.389. The van der Waals surface area contributed by atoms with E-state index in [4.69, 9.17) is 5.11 Å². The normalized spacial score (nSPS) is 16.7. The minimum Gasteiger partial charge on any atom is -0.476 e. The molecule has 1 aromatic carbocycles. The first kappa shape index (κ1) is 20.2. The molecule has 1 aliphatic heterocycles. The van der Waals surface area contributed by atoms with Gasteiger partial charge in [-0.15, -0.1) is 11.3 Å². The third-order valence-corrected chi connectivity index (χ3v) is 7.28. The van der Waals surface area contributed by atoms with Gasteiger partial charge < -0.3 is 15.3 Å². The second kappa shape index (κ2) is 9.07. The van der Waals surface area contributed by atoms with Crippen LogP contribution in [0.15, 0.2) is 32.4 Å². The summed E-state index contributed by atoms with van der Waals surface area (Å²) >= 11 is 6.35. The van der Waals surface area contributed by atoms with Crippen LogP contribution < -0.4 is 5.32 Å². The Morgan fingerprint density at radius 2 is 2.33 bits per heavy atom. The standard InChI is InChI=1S/C18H20BrN3O3S2/c1-11-2-3-12(8-14(11)19)20-9-13-4-5-16(23)22(13)6-7-26-18-21-15(10-27-18)17(24)25/h2-3,8,10,13,20H,4-7,9H2,1H3,(H,24,25). The van der Waals surface area contributed by atoms with Gasteiger partial charge in [0.05, 0.1) is 0 Å². The Balaban J connectivity index is 1.51. The Morgan fingerprint density at radius 1 is 1.52 bits per heavy atom. The number of likely N-dealkylation sites (tertiary alicyclic amines) is 1. The number of aryl methyl sites for hydroxylation is 1. The van der Waals surface area contributed by atoms with Gasteiger partial charge in [-0.25, -0.2) is 9.78 Å². The first-order valence-corrected chi connectivity index (χ1v) is 11.2. The van der Waals surface area contributed by atoms with E-state index in [1.807, 2.05) is 17.9 Å². The van der Waals surface area contributed by atoms with Crippen molar-refractivity contribution in [2.45, 2.75) is 30.1 Å². The van der Waals surface area contributed by atoms with Crippen LogP contribution in [0, 0.1) is 6.92 Å². The van der Waals surface area contributed by atoms with Crippen LogP contribution in [0.25, 0.3) is 0 Å². The van der Waals surface area contributed by atoms with Crippen molar-refractivity contribution in [2.24, 2.45) is 0 Å². The van der Waals surface area contributed by atoms with Gasteiger partial charge in [-0.2, -0.15) is 0 Å². The predicted octanol–water partition coefficient (Wildman–Crippen LogP) is 4.11. The summed E-state index contributed by atoms with van der Waals surface area (Å²) in [7, 11) is 0. The van der Waals surface area contributed by atoms with E-state index in [9.17, 15) is 9.59 Å². The number of hydrogen-bond acceptors (Lipinski definition) is 6. The number of carboxylic acid groups (broad SMARTS) is 1. The minimum absolute atomic E-state index is 0.0751. The number of amides is 1. The van der Waals surface area contributed by atoms with E-state index in [0.29, 0.717) is 25.3 Å². The first-order valence-electron chi connectivity index (χ1n) is 8.55. The van der Waals surface area contributed by atoms with Gasteiger partial charge in [0.25, 0.3) is 0 Å². The number of aromatic nitrogens is 1. The maximum atomic E-state index is 12.2. The molecule has 1 saturated heterocycles. The fourth-order valence-corrected chi connectivity index (χ4v) is 5.09. The average molecular weight is 470 g/mol. The van der Waals surface area contributed by atoms with Crippen molar-refractivity contribution in [3.05, 3.63) is 39.3 Å². The Bertz CT molecular complexity index is 843. The van der Waals surface area contributed by atoms with Crippen LogP contribution in [0.5, 0.6) is 0 Å². The molecule has 0 radical (unpaired) electrons. The molecular weight excluding hydrogens is 450 g/mol. The van der Waals surface area contributed by atoms with Gasteiger partial charge in [0.15, 0.2) is 10.0 Å². The molecule has 2 N–H and O–H groups in total. The zero-order chi connectivity index (χ0) is 19.4. The van der Waals surface area contributed by atoms with E-state index in [1.165, 1.54) is 34.0 Å². The smallest absolute Gasteiger partial charge is 0.355 e. The van der Waals surface area contributed by atoms with E-state index < -0.39 is 5.97 Å². The fourth-order valence-electron chi connectivity index (χ4n) is 2.90. The number of rotatable bonds is 8. The number of carboxylic acids is 1. The van der Waals surface area contributed by atoms with Gasteiger partial charge in [0.1, 0.15) is 0 Å². The van der Waals surface area contributed by atoms with E-state index >= 15 is 0 Å². The molecule has 1 amide bonds. The second-order valence-electron chi connectivity index (χ2n) is 6.28. The van der Waals surface area contributed by atoms with Gasteiger partial charge in [-0.1, -0.05) is 33.8 Å². The molecule has 0 spiro atoms. The molecule has 1 atom stereocenters. The third-order valence-electron chi connectivity index (χ3n) is 4.43. The molecule has 1 aliphatic rings. The molecule has 0 bridgehead atoms. The van der Waals surface area contributed by atoms with E-state index in [2.05, 4.69) is 38.4 Å². The van der Waals surface area contributed by atoms with E-state index in [0.717, 1.165) is 20.9 Å². The van der Waals surface area contributed by atoms with Crippen LogP contribution in [0.2, 0.25) is 0 Å². The summed E-state index contributed by atoms with van der Waals surface area (Å²) in [4.78, 5) is 29.1. The molecule has 1 fully saturated rings. The number of hydrogen-bond donors (Lipinski definition) is 2. The molecule has 2 heterocycles. The first-order chi connectivity index (χ1) is 12.9. The maximum Gasteiger partial charge on any atom is 0.355 e. The van der Waals surface area contributed by atoms with Crippen LogP contribution in [0.1, 0.15) is 28.9 Å². The van der Waals surface area contributed by atoms with Crippen LogP contribution in [0.3, 0.4) is 0 Å². The number of carbonyl (C=O) groups is 2. The summed E-state index contributed by atoms with van der Waals surface area (Å²) < 4.78 is 1.78. The summed E-state index contributed by atoms with van der Waals surface area (Å²) in [6.45, 7) is 3.40. The van der Waals surface area contributed by atoms with Gasteiger partial charge >= 0.3 is 5.97 Å². The number of thioether (sulfide) groups is 1. The highest BCUT2D eigenvalue weighted by Crippen LogP contribution is 2.26. The highest BCUT2D eigenvalue weighted by Gasteiger charge is 2.30. The molecule has 0 saturated carbocycles. The summed E-state index contributed by atoms with van der Waals surface area (Å²) in [6.07, 6.45) is 1.43. The molecule has 1 aromatic heterocycles. The molecule has 144 valence electrons. The number of aromatic carboxylic acids is 1. The molecule has 27 heavy (non-hydrogen) atoms. The zero-order valence-electron chi connectivity index (χ0n) is 14.8. The van der Waals surface area contributed by atoms with E-state index in [-0.39, 0.29) is 17.6 Å². The monoisotopic (exact) mass is 469 g/mol. The van der Waals surface area contributed by atoms with Crippen molar-refractivity contribution in [2.75, 3.05) is 24.2 Å². The quantitative estimate of drug-likeness (QED) is 0.566. The number of thiazole rings is 1. The number of halogens is 1. The van der Waals surface area contributed by atoms with Crippen molar-refractivity contribution in [1.82, 2.24) is 9.88 Å². The molecule has 3 rings (SSSR count). The summed E-state index contributed by atoms with van der Waals surface area (Å²) in [5.74, 6) is -0.134. The largest absolute Gasteiger partial charge is 0.476 e. The number of anilines is 1. The SMILES string of the molecule is Cc1ccc(NCC2CCC(=O)N2CCSc2nc(C(=O)O)cs2)cc1Br. The average Bonchev–Trinajstić information content (AvgIpc) is 3.24. The lowest BCUT2D eigenvalue weighted by atomic mass is 10.2. The lowest BCUT2D eigenvalue weighted by Gasteiger charge is -2.25. The maximum absolute atomic E-state index is 12.2. The number of benzene rings is 1. The van der Waals surface area contributed by atoms with Crippen molar-refractivity contribution < 1.29 is 14.7 Å². The van der Waals surface area contributed by atoms with Crippen LogP contribution in [0.4, 0.5) is 5.69 Å². The summed E-state index contributed by atoms with van der Waals surface area (Å²) in [5, 5.41) is 13.9. The Labute approximate surface area is 174 Å². The molecular formula is C18H20BrN3O3S2. The van der Waals surface area contributed by atoms with Crippen molar-refractivity contribution in [3.8, 4) is 0 Å². The Hall–Kier alpha value is -1.58. The number of nitrogens with zero attached hydrogens (tertiary/aromatic N) is 2. The molecule has 2 aromatic rings. The van der Waals surface area contributed by atoms with E-state index in [1.54, 1.807) is 0 Å². The van der Waals surface area contributed by atoms with Gasteiger partial charge in [-0.05, 0) is 31.0 Å². The Morgan fingerprint density at radius 3 is 3.04 bits per heavy atom. The van der Waals surface area contributed by atoms with Crippen LogP contribution in [-0.2, 0) is 4.79 Å². The second-order valence-corrected chi connectivity index (χ2v) is 9.33. The summed E-state index contributed by atoms with van der Waals surface area (Å²) in [5.41, 5.74) is 2.29. The van der Waals surface area contributed by atoms with Crippen LogP contribution in [-0.4, -0.2) is 51.8 Å². The summed E-state index contributed by atoms with van der Waals surface area (Å²) in [6, 6.07) is 6.32. The highest BCUT2D eigenvalue weighted by molar-refractivity contribution is 9.10. The van der Waals surface area contributed by atoms with Gasteiger partial charge in [0.2, 0.25) is 5.91 Å². The molecule has 9 heteroatoms. The van der Waals surface area contributed by atoms with Crippen molar-refractivity contribution in [3.63, 3.8) is 0 Å². The minimum atomic E-state index is -1.01. The Kier molecular flexibility index (Phi) is 6.78.